The summed E-state index contributed by atoms with van der Waals surface area (Å²) in [4.78, 5) is 2.03. The van der Waals surface area contributed by atoms with Gasteiger partial charge >= 0.3 is 0 Å². The molecule has 9 nitrogen and oxygen atoms in total. The minimum absolute atomic E-state index is 0.121. The van der Waals surface area contributed by atoms with Gasteiger partial charge in [-0.3, -0.25) is 9.11 Å². The molecule has 0 atom stereocenters. The third-order valence-electron chi connectivity index (χ3n) is 8.97. The van der Waals surface area contributed by atoms with E-state index in [4.69, 9.17) is 0 Å². The molecular formula is C41H46N3O6S2+. The summed E-state index contributed by atoms with van der Waals surface area (Å²) in [7, 11) is -8.42. The quantitative estimate of drug-likeness (QED) is 0.0888. The van der Waals surface area contributed by atoms with Crippen LogP contribution in [0.4, 0.5) is 11.4 Å². The molecule has 272 valence electrons. The van der Waals surface area contributed by atoms with Gasteiger partial charge in [0.15, 0.2) is 12.3 Å². The number of allylic oxidation sites excluding steroid dienone is 5. The Morgan fingerprint density at radius 1 is 0.750 bits per heavy atom. The predicted molar refractivity (Wildman–Crippen MR) is 210 cm³/mol. The molecule has 0 heterocycles. The molecule has 0 aromatic heterocycles. The van der Waals surface area contributed by atoms with Crippen molar-refractivity contribution in [3.8, 4) is 0 Å². The largest absolute Gasteiger partial charge is 0.385 e. The average Bonchev–Trinajstić information content (AvgIpc) is 3.11. The van der Waals surface area contributed by atoms with Crippen LogP contribution in [0.1, 0.15) is 54.2 Å². The lowest BCUT2D eigenvalue weighted by Gasteiger charge is -2.24. The van der Waals surface area contributed by atoms with Gasteiger partial charge in [0.2, 0.25) is 0 Å². The maximum Gasteiger partial charge on any atom is 0.294 e. The fourth-order valence-corrected chi connectivity index (χ4v) is 7.58. The van der Waals surface area contributed by atoms with Crippen LogP contribution in [0.2, 0.25) is 0 Å². The zero-order valence-corrected chi connectivity index (χ0v) is 31.6. The van der Waals surface area contributed by atoms with Crippen molar-refractivity contribution in [1.82, 2.24) is 0 Å². The average molecular weight is 741 g/mol. The number of benzene rings is 4. The Balaban J connectivity index is 1.49. The van der Waals surface area contributed by atoms with Crippen molar-refractivity contribution in [2.45, 2.75) is 51.4 Å². The molecule has 1 aliphatic carbocycles. The Labute approximate surface area is 307 Å². The molecule has 4 aromatic carbocycles. The molecule has 0 aliphatic heterocycles. The smallest absolute Gasteiger partial charge is 0.294 e. The molecule has 5 rings (SSSR count). The number of rotatable bonds is 14. The third kappa shape index (κ3) is 9.95. The molecule has 1 aliphatic rings. The minimum Gasteiger partial charge on any atom is -0.385 e. The normalized spacial score (nSPS) is 13.0. The van der Waals surface area contributed by atoms with Crippen LogP contribution in [0, 0.1) is 6.92 Å². The zero-order valence-electron chi connectivity index (χ0n) is 30.0. The van der Waals surface area contributed by atoms with Crippen LogP contribution < -0.4 is 10.2 Å². The first-order valence-electron chi connectivity index (χ1n) is 17.3. The second-order valence-electron chi connectivity index (χ2n) is 12.7. The number of anilines is 2. The van der Waals surface area contributed by atoms with E-state index in [1.54, 1.807) is 12.1 Å². The van der Waals surface area contributed by atoms with E-state index in [0.29, 0.717) is 25.2 Å². The first-order valence-corrected chi connectivity index (χ1v) is 20.3. The maximum absolute atomic E-state index is 11.7. The number of aryl methyl sites for hydroxylation is 1. The van der Waals surface area contributed by atoms with Crippen molar-refractivity contribution in [2.24, 2.45) is 0 Å². The molecular weight excluding hydrogens is 695 g/mol. The van der Waals surface area contributed by atoms with Gasteiger partial charge in [-0.2, -0.15) is 16.8 Å². The maximum atomic E-state index is 11.7. The second kappa shape index (κ2) is 16.7. The molecule has 4 aromatic rings. The molecule has 0 saturated heterocycles. The van der Waals surface area contributed by atoms with Crippen LogP contribution >= 0.6 is 0 Å². The Morgan fingerprint density at radius 3 is 2.02 bits per heavy atom. The van der Waals surface area contributed by atoms with Crippen molar-refractivity contribution < 1.29 is 30.5 Å². The van der Waals surface area contributed by atoms with Gasteiger partial charge in [0.25, 0.3) is 20.2 Å². The van der Waals surface area contributed by atoms with E-state index < -0.39 is 26.0 Å². The first kappa shape index (κ1) is 38.4. The monoisotopic (exact) mass is 740 g/mol. The van der Waals surface area contributed by atoms with Gasteiger partial charge < -0.3 is 10.2 Å². The van der Waals surface area contributed by atoms with Crippen molar-refractivity contribution in [1.29, 1.82) is 0 Å². The van der Waals surface area contributed by atoms with Crippen LogP contribution in [-0.4, -0.2) is 55.9 Å². The molecule has 0 unspecified atom stereocenters. The molecule has 0 spiro atoms. The summed E-state index contributed by atoms with van der Waals surface area (Å²) in [6.45, 7) is 11.6. The molecule has 0 bridgehead atoms. The Bertz CT molecular complexity index is 2260. The minimum atomic E-state index is -4.29. The highest BCUT2D eigenvalue weighted by atomic mass is 32.2. The number of hydrogen-bond donors (Lipinski definition) is 3. The van der Waals surface area contributed by atoms with Crippen LogP contribution in [-0.2, 0) is 39.1 Å². The lowest BCUT2D eigenvalue weighted by atomic mass is 9.89. The SMILES string of the molecule is CCNc1ccc(C(=C2C=CC(=[N+](CC)Cc3cccc(CS(=O)(=O)O)c3)C=C2)c2ccc(N(CC)Cc3cccc(S(=O)(=O)O)c3)cc2)cc1C. The molecule has 0 saturated carbocycles. The van der Waals surface area contributed by atoms with Crippen molar-refractivity contribution in [2.75, 3.05) is 29.9 Å². The number of hydrogen-bond acceptors (Lipinski definition) is 6. The fraction of sp³-hybridized carbons (Fsp3) is 0.244. The molecule has 3 N–H and O–H groups in total. The summed E-state index contributed by atoms with van der Waals surface area (Å²) in [6, 6.07) is 28.5. The van der Waals surface area contributed by atoms with E-state index in [1.807, 2.05) is 31.2 Å². The van der Waals surface area contributed by atoms with Gasteiger partial charge in [-0.1, -0.05) is 48.5 Å². The summed E-state index contributed by atoms with van der Waals surface area (Å²) in [5.41, 5.74) is 10.8. The molecule has 0 fully saturated rings. The van der Waals surface area contributed by atoms with Gasteiger partial charge in [-0.05, 0) is 121 Å². The van der Waals surface area contributed by atoms with Gasteiger partial charge in [0.1, 0.15) is 12.3 Å². The van der Waals surface area contributed by atoms with Gasteiger partial charge in [-0.15, -0.1) is 0 Å². The first-order chi connectivity index (χ1) is 24.8. The summed E-state index contributed by atoms with van der Waals surface area (Å²) >= 11 is 0. The van der Waals surface area contributed by atoms with E-state index in [1.165, 1.54) is 12.1 Å². The highest BCUT2D eigenvalue weighted by Gasteiger charge is 2.18. The van der Waals surface area contributed by atoms with Crippen molar-refractivity contribution in [3.63, 3.8) is 0 Å². The van der Waals surface area contributed by atoms with Gasteiger partial charge in [0, 0.05) is 48.7 Å². The highest BCUT2D eigenvalue weighted by Crippen LogP contribution is 2.33. The summed E-state index contributed by atoms with van der Waals surface area (Å²) in [5, 5.41) is 3.43. The van der Waals surface area contributed by atoms with Gasteiger partial charge in [-0.25, -0.2) is 4.58 Å². The fourth-order valence-electron chi connectivity index (χ4n) is 6.43. The molecule has 0 radical (unpaired) electrons. The van der Waals surface area contributed by atoms with E-state index >= 15 is 0 Å². The zero-order chi connectivity index (χ0) is 37.5. The van der Waals surface area contributed by atoms with Crippen LogP contribution in [0.5, 0.6) is 0 Å². The lowest BCUT2D eigenvalue weighted by Crippen LogP contribution is -2.22. The van der Waals surface area contributed by atoms with Crippen LogP contribution in [0.15, 0.2) is 126 Å². The second-order valence-corrected chi connectivity index (χ2v) is 15.6. The predicted octanol–water partition coefficient (Wildman–Crippen LogP) is 7.69. The molecule has 52 heavy (non-hydrogen) atoms. The van der Waals surface area contributed by atoms with Crippen molar-refractivity contribution >= 4 is 42.9 Å². The van der Waals surface area contributed by atoms with Crippen LogP contribution in [0.25, 0.3) is 5.57 Å². The summed E-state index contributed by atoms with van der Waals surface area (Å²) in [6.07, 6.45) is 8.47. The Morgan fingerprint density at radius 2 is 1.40 bits per heavy atom. The highest BCUT2D eigenvalue weighted by molar-refractivity contribution is 7.85. The molecule has 11 heteroatoms. The van der Waals surface area contributed by atoms with E-state index in [9.17, 15) is 25.9 Å². The van der Waals surface area contributed by atoms with E-state index in [0.717, 1.165) is 69.1 Å². The lowest BCUT2D eigenvalue weighted by molar-refractivity contribution is -0.539. The van der Waals surface area contributed by atoms with E-state index in [2.05, 4.69) is 102 Å². The van der Waals surface area contributed by atoms with E-state index in [-0.39, 0.29) is 4.90 Å². The van der Waals surface area contributed by atoms with Gasteiger partial charge in [0.05, 0.1) is 4.90 Å². The Hall–Kier alpha value is -4.81. The number of nitrogens with zero attached hydrogens (tertiary/aromatic N) is 2. The Kier molecular flexibility index (Phi) is 12.3. The topological polar surface area (TPSA) is 127 Å². The summed E-state index contributed by atoms with van der Waals surface area (Å²) in [5.74, 6) is -0.419. The number of nitrogens with one attached hydrogen (secondary N) is 1. The third-order valence-corrected chi connectivity index (χ3v) is 10.5. The molecule has 0 amide bonds. The van der Waals surface area contributed by atoms with Crippen LogP contribution in [0.3, 0.4) is 0 Å². The summed E-state index contributed by atoms with van der Waals surface area (Å²) < 4.78 is 67.4. The standard InChI is InChI=1S/C41H45N3O6S2/c1-5-42-40-23-18-36(24-30(40)4)41(35-16-21-38(22-17-35)44(7-3)28-32-11-9-13-39(26-32)52(48,49)50)34-14-19-37(20-15-34)43(6-2)27-31-10-8-12-33(25-31)29-51(45,46)47/h8-26H,5-7,27-29H2,1-4H3,(H2,45,46,47,48,49,50)/p+1. The van der Waals surface area contributed by atoms with Crippen molar-refractivity contribution in [3.05, 3.63) is 154 Å².